The second kappa shape index (κ2) is 8.12. The van der Waals surface area contributed by atoms with E-state index in [2.05, 4.69) is 0 Å². The number of hydrogen-bond acceptors (Lipinski definition) is 5. The zero-order chi connectivity index (χ0) is 20.4. The van der Waals surface area contributed by atoms with Gasteiger partial charge >= 0.3 is 12.1 Å². The summed E-state index contributed by atoms with van der Waals surface area (Å²) in [7, 11) is -3.81. The van der Waals surface area contributed by atoms with Crippen LogP contribution in [0.15, 0.2) is 51.1 Å². The first-order valence-corrected chi connectivity index (χ1v) is 10.6. The van der Waals surface area contributed by atoms with Gasteiger partial charge in [0, 0.05) is 22.6 Å². The summed E-state index contributed by atoms with van der Waals surface area (Å²) >= 11 is 6.59. The van der Waals surface area contributed by atoms with Gasteiger partial charge in [-0.25, -0.2) is 8.42 Å². The number of halogens is 4. The van der Waals surface area contributed by atoms with Crippen LogP contribution in [0.25, 0.3) is 0 Å². The third-order valence-corrected chi connectivity index (χ3v) is 5.78. The highest BCUT2D eigenvalue weighted by molar-refractivity contribution is 7.99. The summed E-state index contributed by atoms with van der Waals surface area (Å²) in [5.41, 5.74) is -1.11. The molecule has 0 unspecified atom stereocenters. The summed E-state index contributed by atoms with van der Waals surface area (Å²) in [5, 5.41) is 0.245. The van der Waals surface area contributed by atoms with E-state index in [0.29, 0.717) is 17.8 Å². The number of ether oxygens (including phenoxy) is 1. The maximum absolute atomic E-state index is 13.4. The molecule has 146 valence electrons. The van der Waals surface area contributed by atoms with Crippen LogP contribution in [0.5, 0.6) is 5.75 Å². The monoisotopic (exact) mass is 438 g/mol. The Bertz CT molecular complexity index is 973. The van der Waals surface area contributed by atoms with Crippen molar-refractivity contribution in [1.82, 2.24) is 0 Å². The highest BCUT2D eigenvalue weighted by Gasteiger charge is 2.35. The van der Waals surface area contributed by atoms with Crippen molar-refractivity contribution in [2.24, 2.45) is 0 Å². The molecule has 2 aromatic carbocycles. The first kappa shape index (κ1) is 21.6. The van der Waals surface area contributed by atoms with Crippen LogP contribution >= 0.6 is 23.4 Å². The molecule has 0 aromatic heterocycles. The van der Waals surface area contributed by atoms with Gasteiger partial charge in [-0.1, -0.05) is 30.3 Å². The van der Waals surface area contributed by atoms with Crippen LogP contribution in [0.3, 0.4) is 0 Å². The minimum atomic E-state index is -4.78. The van der Waals surface area contributed by atoms with Gasteiger partial charge in [-0.2, -0.15) is 13.2 Å². The Morgan fingerprint density at radius 3 is 2.37 bits per heavy atom. The minimum absolute atomic E-state index is 0.0663. The first-order chi connectivity index (χ1) is 12.4. The summed E-state index contributed by atoms with van der Waals surface area (Å²) < 4.78 is 68.6. The average molecular weight is 439 g/mol. The molecule has 10 heteroatoms. The van der Waals surface area contributed by atoms with Crippen molar-refractivity contribution in [2.75, 3.05) is 6.26 Å². The van der Waals surface area contributed by atoms with E-state index in [0.717, 1.165) is 18.4 Å². The van der Waals surface area contributed by atoms with Crippen LogP contribution in [0, 0.1) is 0 Å². The minimum Gasteiger partial charge on any atom is -0.425 e. The molecular formula is C17H14ClF3O4S2. The second-order valence-electron chi connectivity index (χ2n) is 5.45. The van der Waals surface area contributed by atoms with Gasteiger partial charge in [-0.05, 0) is 36.4 Å². The van der Waals surface area contributed by atoms with Crippen LogP contribution in [0.4, 0.5) is 13.2 Å². The van der Waals surface area contributed by atoms with Gasteiger partial charge in [0.1, 0.15) is 5.75 Å². The van der Waals surface area contributed by atoms with Gasteiger partial charge in [-0.15, -0.1) is 0 Å². The predicted molar refractivity (Wildman–Crippen MR) is 96.1 cm³/mol. The Balaban J connectivity index is 2.54. The van der Waals surface area contributed by atoms with Crippen molar-refractivity contribution >= 4 is 39.2 Å². The van der Waals surface area contributed by atoms with E-state index >= 15 is 0 Å². The van der Waals surface area contributed by atoms with E-state index in [1.165, 1.54) is 18.2 Å². The van der Waals surface area contributed by atoms with Crippen molar-refractivity contribution in [3.05, 3.63) is 47.0 Å². The van der Waals surface area contributed by atoms with Crippen molar-refractivity contribution in [3.63, 3.8) is 0 Å². The normalized spacial score (nSPS) is 12.1. The van der Waals surface area contributed by atoms with E-state index in [1.807, 2.05) is 0 Å². The molecule has 0 heterocycles. The summed E-state index contributed by atoms with van der Waals surface area (Å²) in [6, 6.07) is 6.94. The molecule has 0 amide bonds. The van der Waals surface area contributed by atoms with Gasteiger partial charge in [0.2, 0.25) is 0 Å². The number of alkyl halides is 3. The third kappa shape index (κ3) is 5.63. The molecule has 0 saturated heterocycles. The molecule has 0 saturated carbocycles. The fourth-order valence-corrected chi connectivity index (χ4v) is 3.95. The van der Waals surface area contributed by atoms with Crippen molar-refractivity contribution in [2.45, 2.75) is 34.2 Å². The van der Waals surface area contributed by atoms with E-state index in [1.54, 1.807) is 6.92 Å². The van der Waals surface area contributed by atoms with E-state index in [9.17, 15) is 26.4 Å². The van der Waals surface area contributed by atoms with Crippen LogP contribution in [-0.4, -0.2) is 20.6 Å². The molecule has 0 fully saturated rings. The lowest BCUT2D eigenvalue weighted by Crippen LogP contribution is -2.09. The Morgan fingerprint density at radius 2 is 1.81 bits per heavy atom. The maximum atomic E-state index is 13.4. The molecule has 0 bridgehead atoms. The predicted octanol–water partition coefficient (Wildman–Crippen LogP) is 5.23. The summed E-state index contributed by atoms with van der Waals surface area (Å²) in [4.78, 5) is 11.1. The zero-order valence-corrected chi connectivity index (χ0v) is 16.5. The van der Waals surface area contributed by atoms with Crippen molar-refractivity contribution < 1.29 is 31.1 Å². The fourth-order valence-electron chi connectivity index (χ4n) is 2.01. The lowest BCUT2D eigenvalue weighted by molar-refractivity contribution is -0.140. The SMILES string of the molecule is CCC(=O)Oc1ccc(Cl)cc1Sc1ccc(S(C)(=O)=O)cc1C(F)(F)F. The molecule has 0 radical (unpaired) electrons. The Morgan fingerprint density at radius 1 is 1.15 bits per heavy atom. The lowest BCUT2D eigenvalue weighted by atomic mass is 10.2. The third-order valence-electron chi connectivity index (χ3n) is 3.32. The summed E-state index contributed by atoms with van der Waals surface area (Å²) in [5.74, 6) is -0.487. The van der Waals surface area contributed by atoms with Gasteiger partial charge < -0.3 is 4.74 Å². The topological polar surface area (TPSA) is 60.4 Å². The van der Waals surface area contributed by atoms with Gasteiger partial charge in [0.25, 0.3) is 0 Å². The van der Waals surface area contributed by atoms with Crippen LogP contribution < -0.4 is 4.74 Å². The number of carbonyl (C=O) groups is 1. The molecule has 0 spiro atoms. The maximum Gasteiger partial charge on any atom is 0.417 e. The van der Waals surface area contributed by atoms with E-state index < -0.39 is 32.4 Å². The number of hydrogen-bond donors (Lipinski definition) is 0. The Labute approximate surface area is 163 Å². The Kier molecular flexibility index (Phi) is 6.49. The summed E-state index contributed by atoms with van der Waals surface area (Å²) in [6.07, 6.45) is -3.86. The molecule has 0 aliphatic heterocycles. The number of esters is 1. The van der Waals surface area contributed by atoms with Gasteiger partial charge in [0.05, 0.1) is 15.4 Å². The molecule has 0 N–H and O–H groups in total. The standard InChI is InChI=1S/C17H14ClF3O4S2/c1-3-16(22)25-13-6-4-10(18)8-15(13)26-14-7-5-11(27(2,23)24)9-12(14)17(19,20)21/h4-9H,3H2,1-2H3. The van der Waals surface area contributed by atoms with Crippen LogP contribution in [0.2, 0.25) is 5.02 Å². The molecule has 2 rings (SSSR count). The highest BCUT2D eigenvalue weighted by atomic mass is 35.5. The first-order valence-electron chi connectivity index (χ1n) is 7.51. The largest absolute Gasteiger partial charge is 0.425 e. The smallest absolute Gasteiger partial charge is 0.417 e. The molecule has 4 nitrogen and oxygen atoms in total. The number of benzene rings is 2. The Hall–Kier alpha value is -1.71. The van der Waals surface area contributed by atoms with E-state index in [4.69, 9.17) is 16.3 Å². The number of rotatable bonds is 5. The number of carbonyl (C=O) groups excluding carboxylic acids is 1. The number of sulfone groups is 1. The van der Waals surface area contributed by atoms with Crippen molar-refractivity contribution in [3.8, 4) is 5.75 Å². The highest BCUT2D eigenvalue weighted by Crippen LogP contribution is 2.43. The quantitative estimate of drug-likeness (QED) is 0.472. The molecule has 27 heavy (non-hydrogen) atoms. The second-order valence-corrected chi connectivity index (χ2v) is 8.98. The molecule has 2 aromatic rings. The molecule has 0 aliphatic carbocycles. The van der Waals surface area contributed by atoms with Gasteiger partial charge in [-0.3, -0.25) is 4.79 Å². The van der Waals surface area contributed by atoms with Crippen LogP contribution in [-0.2, 0) is 20.8 Å². The van der Waals surface area contributed by atoms with Gasteiger partial charge in [0.15, 0.2) is 9.84 Å². The lowest BCUT2D eigenvalue weighted by Gasteiger charge is -2.15. The average Bonchev–Trinajstić information content (AvgIpc) is 2.55. The molecular weight excluding hydrogens is 425 g/mol. The fraction of sp³-hybridized carbons (Fsp3) is 0.235. The molecule has 0 aliphatic rings. The summed E-state index contributed by atoms with van der Waals surface area (Å²) in [6.45, 7) is 1.58. The zero-order valence-electron chi connectivity index (χ0n) is 14.1. The molecule has 0 atom stereocenters. The van der Waals surface area contributed by atoms with Crippen LogP contribution in [0.1, 0.15) is 18.9 Å². The van der Waals surface area contributed by atoms with E-state index in [-0.39, 0.29) is 27.0 Å². The van der Waals surface area contributed by atoms with Crippen molar-refractivity contribution in [1.29, 1.82) is 0 Å².